The quantitative estimate of drug-likeness (QED) is 0.334. The Kier molecular flexibility index (Phi) is 6.96. The predicted octanol–water partition coefficient (Wildman–Crippen LogP) is 6.28. The van der Waals surface area contributed by atoms with Crippen LogP contribution in [-0.2, 0) is 6.42 Å². The Balaban J connectivity index is 2.58. The van der Waals surface area contributed by atoms with Gasteiger partial charge in [-0.3, -0.25) is 9.59 Å². The fourth-order valence-corrected chi connectivity index (χ4v) is 3.11. The summed E-state index contributed by atoms with van der Waals surface area (Å²) in [6.45, 7) is 2.10. The second kappa shape index (κ2) is 8.54. The first-order valence-electron chi connectivity index (χ1n) is 7.69. The number of hydrogen-bond acceptors (Lipinski definition) is 2. The summed E-state index contributed by atoms with van der Waals surface area (Å²) in [7, 11) is 0. The molecule has 0 saturated carbocycles. The number of rotatable bonds is 6. The molecule has 0 aromatic heterocycles. The summed E-state index contributed by atoms with van der Waals surface area (Å²) in [4.78, 5) is 25.8. The molecule has 0 N–H and O–H groups in total. The minimum Gasteiger partial charge on any atom is -0.291 e. The molecule has 2 aromatic carbocycles. The van der Waals surface area contributed by atoms with Gasteiger partial charge in [0, 0.05) is 16.7 Å². The molecule has 0 radical (unpaired) electrons. The molecule has 0 atom stereocenters. The fraction of sp³-hybridized carbons (Fsp3) is 0.263. The van der Waals surface area contributed by atoms with Crippen molar-refractivity contribution >= 4 is 59.4 Å². The van der Waals surface area contributed by atoms with Gasteiger partial charge in [-0.05, 0) is 18.4 Å². The van der Waals surface area contributed by atoms with Crippen molar-refractivity contribution in [3.05, 3.63) is 70.8 Å². The van der Waals surface area contributed by atoms with E-state index in [1.165, 1.54) is 0 Å². The van der Waals surface area contributed by atoms with Crippen molar-refractivity contribution in [3.8, 4) is 0 Å². The van der Waals surface area contributed by atoms with Gasteiger partial charge in [0.05, 0.1) is 0 Å². The molecule has 0 unspecified atom stereocenters. The Morgan fingerprint density at radius 2 is 1.62 bits per heavy atom. The van der Waals surface area contributed by atoms with Crippen LogP contribution in [0.2, 0.25) is 0 Å². The molecule has 0 fully saturated rings. The van der Waals surface area contributed by atoms with Crippen LogP contribution in [0.4, 0.5) is 0 Å². The summed E-state index contributed by atoms with van der Waals surface area (Å²) in [6, 6.07) is 14.5. The molecule has 5 heteroatoms. The lowest BCUT2D eigenvalue weighted by atomic mass is 9.90. The number of unbranched alkanes of at least 4 members (excludes halogenated alkanes) is 1. The zero-order chi connectivity index (χ0) is 17.7. The van der Waals surface area contributed by atoms with E-state index in [-0.39, 0.29) is 11.6 Å². The van der Waals surface area contributed by atoms with Crippen molar-refractivity contribution in [2.75, 3.05) is 0 Å². The van der Waals surface area contributed by atoms with E-state index in [0.29, 0.717) is 16.7 Å². The number of ketones is 2. The third-order valence-corrected chi connectivity index (χ3v) is 4.80. The normalized spacial score (nSPS) is 11.3. The van der Waals surface area contributed by atoms with Gasteiger partial charge >= 0.3 is 0 Å². The Labute approximate surface area is 167 Å². The first-order chi connectivity index (χ1) is 11.4. The maximum atomic E-state index is 12.9. The molecule has 0 bridgehead atoms. The number of carbonyl (C=O) groups excluding carboxylic acids is 2. The average Bonchev–Trinajstić information content (AvgIpc) is 2.58. The molecule has 0 spiro atoms. The molecule has 126 valence electrons. The van der Waals surface area contributed by atoms with Crippen LogP contribution in [0.5, 0.6) is 0 Å². The zero-order valence-electron chi connectivity index (χ0n) is 13.2. The van der Waals surface area contributed by atoms with Crippen molar-refractivity contribution < 1.29 is 9.59 Å². The Morgan fingerprint density at radius 3 is 2.21 bits per heavy atom. The van der Waals surface area contributed by atoms with Crippen molar-refractivity contribution in [2.45, 2.75) is 28.3 Å². The highest BCUT2D eigenvalue weighted by Crippen LogP contribution is 2.39. The van der Waals surface area contributed by atoms with E-state index in [2.05, 4.69) is 54.7 Å². The summed E-state index contributed by atoms with van der Waals surface area (Å²) in [5.74, 6) is -0.359. The number of alkyl halides is 3. The highest BCUT2D eigenvalue weighted by atomic mass is 80.0. The summed E-state index contributed by atoms with van der Waals surface area (Å²) in [6.07, 6.45) is 2.74. The molecule has 2 aromatic rings. The number of halogens is 3. The number of aryl methyl sites for hydroxylation is 1. The maximum absolute atomic E-state index is 12.9. The minimum absolute atomic E-state index is 0.144. The van der Waals surface area contributed by atoms with Gasteiger partial charge in [-0.1, -0.05) is 110 Å². The smallest absolute Gasteiger partial charge is 0.202 e. The van der Waals surface area contributed by atoms with Gasteiger partial charge < -0.3 is 0 Å². The van der Waals surface area contributed by atoms with Crippen LogP contribution in [0.3, 0.4) is 0 Å². The monoisotopic (exact) mass is 514 g/mol. The third kappa shape index (κ3) is 4.64. The van der Waals surface area contributed by atoms with E-state index < -0.39 is 2.14 Å². The number of benzene rings is 2. The molecule has 0 amide bonds. The summed E-state index contributed by atoms with van der Waals surface area (Å²) in [5, 5.41) is 0. The Hall–Kier alpha value is -0.780. The average molecular weight is 517 g/mol. The van der Waals surface area contributed by atoms with Crippen LogP contribution in [0.15, 0.2) is 48.5 Å². The van der Waals surface area contributed by atoms with E-state index in [4.69, 9.17) is 0 Å². The first kappa shape index (κ1) is 19.5. The molecule has 2 rings (SSSR count). The van der Waals surface area contributed by atoms with Gasteiger partial charge in [0.1, 0.15) is 0 Å². The lowest BCUT2D eigenvalue weighted by Gasteiger charge is -2.18. The highest BCUT2D eigenvalue weighted by molar-refractivity contribution is 9.40. The fourth-order valence-electron chi connectivity index (χ4n) is 2.52. The van der Waals surface area contributed by atoms with Gasteiger partial charge in [0.2, 0.25) is 5.78 Å². The summed E-state index contributed by atoms with van der Waals surface area (Å²) < 4.78 is -1.08. The van der Waals surface area contributed by atoms with Crippen molar-refractivity contribution in [1.29, 1.82) is 0 Å². The number of hydrogen-bond donors (Lipinski definition) is 0. The van der Waals surface area contributed by atoms with Crippen molar-refractivity contribution in [2.24, 2.45) is 0 Å². The molecule has 0 aliphatic heterocycles. The van der Waals surface area contributed by atoms with Crippen LogP contribution in [0.25, 0.3) is 0 Å². The summed E-state index contributed by atoms with van der Waals surface area (Å²) in [5.41, 5.74) is 2.36. The van der Waals surface area contributed by atoms with Gasteiger partial charge in [-0.25, -0.2) is 0 Å². The van der Waals surface area contributed by atoms with Gasteiger partial charge in [-0.15, -0.1) is 0 Å². The second-order valence-electron chi connectivity index (χ2n) is 5.47. The van der Waals surface area contributed by atoms with Crippen LogP contribution in [0, 0.1) is 0 Å². The maximum Gasteiger partial charge on any atom is 0.202 e. The second-order valence-corrected chi connectivity index (χ2v) is 12.2. The third-order valence-electron chi connectivity index (χ3n) is 3.72. The molecule has 2 nitrogen and oxygen atoms in total. The SMILES string of the molecule is CCCCc1cccc(C(=O)c2ccccc2)c1C(=O)C(Br)(Br)Br. The van der Waals surface area contributed by atoms with Crippen molar-refractivity contribution in [3.63, 3.8) is 0 Å². The molecular weight excluding hydrogens is 500 g/mol. The molecule has 24 heavy (non-hydrogen) atoms. The Morgan fingerprint density at radius 1 is 0.958 bits per heavy atom. The van der Waals surface area contributed by atoms with E-state index >= 15 is 0 Å². The summed E-state index contributed by atoms with van der Waals surface area (Å²) >= 11 is 9.89. The topological polar surface area (TPSA) is 34.1 Å². The van der Waals surface area contributed by atoms with Crippen LogP contribution in [-0.4, -0.2) is 13.7 Å². The predicted molar refractivity (Wildman–Crippen MR) is 109 cm³/mol. The molecule has 0 heterocycles. The molecule has 0 saturated heterocycles. The van der Waals surface area contributed by atoms with E-state index in [9.17, 15) is 9.59 Å². The van der Waals surface area contributed by atoms with Crippen LogP contribution >= 0.6 is 47.8 Å². The van der Waals surface area contributed by atoms with Gasteiger partial charge in [0.15, 0.2) is 7.93 Å². The van der Waals surface area contributed by atoms with Crippen molar-refractivity contribution in [1.82, 2.24) is 0 Å². The molecular formula is C19H17Br3O2. The molecule has 0 aliphatic carbocycles. The zero-order valence-corrected chi connectivity index (χ0v) is 17.9. The van der Waals surface area contributed by atoms with Crippen LogP contribution < -0.4 is 0 Å². The van der Waals surface area contributed by atoms with Crippen LogP contribution in [0.1, 0.15) is 51.6 Å². The van der Waals surface area contributed by atoms with Gasteiger partial charge in [0.25, 0.3) is 0 Å². The van der Waals surface area contributed by atoms with E-state index in [1.54, 1.807) is 18.2 Å². The standard InChI is InChI=1S/C19H17Br3O2/c1-2-3-8-13-11-7-12-15(16(13)18(24)19(20,21)22)17(23)14-9-5-4-6-10-14/h4-7,9-12H,2-3,8H2,1H3. The highest BCUT2D eigenvalue weighted by Gasteiger charge is 2.34. The van der Waals surface area contributed by atoms with Gasteiger partial charge in [-0.2, -0.15) is 0 Å². The van der Waals surface area contributed by atoms with E-state index in [1.807, 2.05) is 30.3 Å². The Bertz CT molecular complexity index is 734. The van der Waals surface area contributed by atoms with E-state index in [0.717, 1.165) is 24.8 Å². The number of Topliss-reactive ketones (excluding diaryl/α,β-unsaturated/α-hetero) is 1. The minimum atomic E-state index is -1.08. The number of carbonyl (C=O) groups is 2. The lowest BCUT2D eigenvalue weighted by molar-refractivity contribution is 0.0985. The largest absolute Gasteiger partial charge is 0.291 e. The molecule has 0 aliphatic rings. The lowest BCUT2D eigenvalue weighted by Crippen LogP contribution is -2.22. The first-order valence-corrected chi connectivity index (χ1v) is 10.1.